The van der Waals surface area contributed by atoms with Crippen molar-refractivity contribution in [3.05, 3.63) is 99.1 Å². The summed E-state index contributed by atoms with van der Waals surface area (Å²) in [4.78, 5) is 16.0. The summed E-state index contributed by atoms with van der Waals surface area (Å²) in [6, 6.07) is 22.3. The van der Waals surface area contributed by atoms with E-state index in [1.807, 2.05) is 72.8 Å². The summed E-state index contributed by atoms with van der Waals surface area (Å²) in [6.07, 6.45) is 2.31. The molecular weight excluding hydrogens is 567 g/mol. The third-order valence-electron chi connectivity index (χ3n) is 5.25. The number of benzene rings is 3. The molecule has 0 unspecified atom stereocenters. The highest BCUT2D eigenvalue weighted by Crippen LogP contribution is 2.49. The molecule has 0 bridgehead atoms. The van der Waals surface area contributed by atoms with Crippen LogP contribution in [0.25, 0.3) is 10.9 Å². The van der Waals surface area contributed by atoms with Crippen molar-refractivity contribution in [2.45, 2.75) is 25.3 Å². The molecule has 0 aliphatic carbocycles. The Balaban J connectivity index is 1.53. The van der Waals surface area contributed by atoms with Crippen molar-refractivity contribution in [2.24, 2.45) is 0 Å². The molecule has 2 N–H and O–H groups in total. The van der Waals surface area contributed by atoms with Crippen molar-refractivity contribution in [1.82, 2.24) is 10.1 Å². The fourth-order valence-electron chi connectivity index (χ4n) is 3.65. The van der Waals surface area contributed by atoms with E-state index in [0.29, 0.717) is 18.1 Å². The zero-order valence-corrected chi connectivity index (χ0v) is 22.0. The third-order valence-corrected chi connectivity index (χ3v) is 8.91. The van der Waals surface area contributed by atoms with E-state index in [-0.39, 0.29) is 0 Å². The van der Waals surface area contributed by atoms with Crippen LogP contribution in [0, 0.1) is 0 Å². The molecule has 5 nitrogen and oxygen atoms in total. The molecule has 4 aromatic rings. The largest absolute Gasteiger partial charge is 0.423 e. The van der Waals surface area contributed by atoms with Crippen LogP contribution >= 0.6 is 39.2 Å². The maximum Gasteiger partial charge on any atom is 0.328 e. The first-order valence-corrected chi connectivity index (χ1v) is 14.1. The van der Waals surface area contributed by atoms with Crippen molar-refractivity contribution in [3.8, 4) is 5.75 Å². The zero-order valence-electron chi connectivity index (χ0n) is 17.9. The van der Waals surface area contributed by atoms with Gasteiger partial charge in [0.05, 0.1) is 0 Å². The Bertz CT molecular complexity index is 1250. The molecule has 0 fully saturated rings. The van der Waals surface area contributed by atoms with Gasteiger partial charge in [0.1, 0.15) is 6.04 Å². The van der Waals surface area contributed by atoms with Gasteiger partial charge in [-0.25, -0.2) is 4.79 Å². The molecule has 0 amide bonds. The maximum absolute atomic E-state index is 14.1. The molecule has 170 valence electrons. The molecular formula is C25H23Br2N2O3P. The lowest BCUT2D eigenvalue weighted by atomic mass is 10.2. The number of nitrogens with one attached hydrogen (secondary N) is 2. The molecule has 33 heavy (non-hydrogen) atoms. The van der Waals surface area contributed by atoms with Gasteiger partial charge in [0, 0.05) is 38.4 Å². The first-order chi connectivity index (χ1) is 15.8. The number of halogens is 2. The normalized spacial score (nSPS) is 12.6. The summed E-state index contributed by atoms with van der Waals surface area (Å²) in [7, 11) is -3.03. The number of hydrogen-bond donors (Lipinski definition) is 2. The summed E-state index contributed by atoms with van der Waals surface area (Å²) < 4.78 is 21.7. The quantitative estimate of drug-likeness (QED) is 0.168. The molecule has 0 spiro atoms. The van der Waals surface area contributed by atoms with Crippen LogP contribution in [0.3, 0.4) is 0 Å². The lowest BCUT2D eigenvalue weighted by molar-refractivity contribution is -0.135. The summed E-state index contributed by atoms with van der Waals surface area (Å²) in [5.74, 6) is -0.0218. The van der Waals surface area contributed by atoms with Crippen molar-refractivity contribution in [2.75, 3.05) is 0 Å². The van der Waals surface area contributed by atoms with E-state index in [1.165, 1.54) is 0 Å². The minimum Gasteiger partial charge on any atom is -0.423 e. The van der Waals surface area contributed by atoms with Gasteiger partial charge in [-0.2, -0.15) is 0 Å². The predicted octanol–water partition coefficient (Wildman–Crippen LogP) is 7.25. The number of ether oxygens (including phenoxy) is 1. The van der Waals surface area contributed by atoms with E-state index in [4.69, 9.17) is 4.74 Å². The fourth-order valence-corrected chi connectivity index (χ4v) is 6.88. The number of esters is 1. The van der Waals surface area contributed by atoms with Crippen molar-refractivity contribution >= 4 is 56.0 Å². The molecule has 0 saturated heterocycles. The smallest absolute Gasteiger partial charge is 0.328 e. The second-order valence-electron chi connectivity index (χ2n) is 7.93. The van der Waals surface area contributed by atoms with E-state index in [1.54, 1.807) is 13.1 Å². The Morgan fingerprint density at radius 1 is 0.939 bits per heavy atom. The first kappa shape index (κ1) is 24.0. The monoisotopic (exact) mass is 588 g/mol. The van der Waals surface area contributed by atoms with E-state index >= 15 is 0 Å². The number of fused-ring (bicyclic) bond motifs is 1. The Labute approximate surface area is 209 Å². The van der Waals surface area contributed by atoms with Crippen LogP contribution in [0.2, 0.25) is 0 Å². The van der Waals surface area contributed by atoms with Gasteiger partial charge in [0.25, 0.3) is 0 Å². The minimum absolute atomic E-state index is 0.320. The highest BCUT2D eigenvalue weighted by molar-refractivity contribution is 9.10. The summed E-state index contributed by atoms with van der Waals surface area (Å²) >= 11 is 6.87. The van der Waals surface area contributed by atoms with Crippen molar-refractivity contribution in [1.29, 1.82) is 0 Å². The van der Waals surface area contributed by atoms with Crippen molar-refractivity contribution in [3.63, 3.8) is 0 Å². The van der Waals surface area contributed by atoms with E-state index < -0.39 is 19.3 Å². The van der Waals surface area contributed by atoms with Crippen LogP contribution in [0.5, 0.6) is 5.75 Å². The number of rotatable bonds is 8. The van der Waals surface area contributed by atoms with Crippen LogP contribution in [0.4, 0.5) is 0 Å². The van der Waals surface area contributed by atoms with Gasteiger partial charge < -0.3 is 14.3 Å². The number of hydrogen-bond acceptors (Lipinski definition) is 3. The molecule has 0 radical (unpaired) electrons. The molecule has 1 heterocycles. The number of carbonyl (C=O) groups is 1. The lowest BCUT2D eigenvalue weighted by Crippen LogP contribution is -2.35. The summed E-state index contributed by atoms with van der Waals surface area (Å²) in [5, 5.41) is 3.95. The average Bonchev–Trinajstić information content (AvgIpc) is 3.20. The SMILES string of the molecule is C[C@H](NP(=O)(Cc1ccc(Br)cc1)Cc1ccc(Br)cc1)C(=O)Oc1c[nH]c2ccccc12. The van der Waals surface area contributed by atoms with Gasteiger partial charge in [0.2, 0.25) is 0 Å². The zero-order chi connectivity index (χ0) is 23.4. The van der Waals surface area contributed by atoms with Crippen LogP contribution < -0.4 is 9.82 Å². The van der Waals surface area contributed by atoms with Gasteiger partial charge >= 0.3 is 5.97 Å². The molecule has 1 aromatic heterocycles. The second kappa shape index (κ2) is 10.4. The Morgan fingerprint density at radius 3 is 2.06 bits per heavy atom. The van der Waals surface area contributed by atoms with E-state index in [2.05, 4.69) is 41.9 Å². The first-order valence-electron chi connectivity index (χ1n) is 10.4. The predicted molar refractivity (Wildman–Crippen MR) is 140 cm³/mol. The molecule has 0 aliphatic heterocycles. The van der Waals surface area contributed by atoms with Gasteiger partial charge in [-0.05, 0) is 54.4 Å². The highest BCUT2D eigenvalue weighted by Gasteiger charge is 2.29. The molecule has 3 aromatic carbocycles. The summed E-state index contributed by atoms with van der Waals surface area (Å²) in [6.45, 7) is 1.69. The van der Waals surface area contributed by atoms with Crippen LogP contribution in [0.1, 0.15) is 18.1 Å². The number of H-pyrrole nitrogens is 1. The standard InChI is InChI=1S/C25H23Br2N2O3P/c1-17(25(30)32-24-14-28-23-5-3-2-4-22(23)24)29-33(31,15-18-6-10-20(26)11-7-18)16-19-8-12-21(27)13-9-19/h2-14,17,28H,15-16H2,1H3,(H,29,31)/t17-/m0/s1. The molecule has 0 aliphatic rings. The molecule has 4 rings (SSSR count). The van der Waals surface area contributed by atoms with Gasteiger partial charge in [-0.15, -0.1) is 0 Å². The van der Waals surface area contributed by atoms with Gasteiger partial charge in [-0.3, -0.25) is 5.09 Å². The Kier molecular flexibility index (Phi) is 7.55. The number of carbonyl (C=O) groups excluding carboxylic acids is 1. The van der Waals surface area contributed by atoms with Crippen molar-refractivity contribution < 1.29 is 14.1 Å². The minimum atomic E-state index is -3.03. The Hall–Kier alpha value is -2.18. The average molecular weight is 590 g/mol. The van der Waals surface area contributed by atoms with Crippen LogP contribution in [-0.4, -0.2) is 17.0 Å². The van der Waals surface area contributed by atoms with Crippen LogP contribution in [0.15, 0.2) is 87.9 Å². The maximum atomic E-state index is 14.1. The molecule has 0 saturated carbocycles. The fraction of sp³-hybridized carbons (Fsp3) is 0.160. The van der Waals surface area contributed by atoms with Crippen LogP contribution in [-0.2, 0) is 21.7 Å². The Morgan fingerprint density at radius 2 is 1.48 bits per heavy atom. The molecule has 8 heteroatoms. The topological polar surface area (TPSA) is 71.2 Å². The number of para-hydroxylation sites is 1. The van der Waals surface area contributed by atoms with Gasteiger partial charge in [-0.1, -0.05) is 68.3 Å². The van der Waals surface area contributed by atoms with E-state index in [9.17, 15) is 9.36 Å². The molecule has 1 atom stereocenters. The number of aromatic amines is 1. The van der Waals surface area contributed by atoms with Gasteiger partial charge in [0.15, 0.2) is 13.0 Å². The second-order valence-corrected chi connectivity index (χ2v) is 12.4. The summed E-state index contributed by atoms with van der Waals surface area (Å²) in [5.41, 5.74) is 2.75. The lowest BCUT2D eigenvalue weighted by Gasteiger charge is -2.23. The number of aromatic nitrogens is 1. The highest BCUT2D eigenvalue weighted by atomic mass is 79.9. The third kappa shape index (κ3) is 6.24. The van der Waals surface area contributed by atoms with E-state index in [0.717, 1.165) is 31.0 Å².